The third-order valence-electron chi connectivity index (χ3n) is 2.89. The molecule has 0 atom stereocenters. The molecule has 1 saturated heterocycles. The van der Waals surface area contributed by atoms with Gasteiger partial charge in [0.1, 0.15) is 0 Å². The summed E-state index contributed by atoms with van der Waals surface area (Å²) in [5.74, 6) is 0. The van der Waals surface area contributed by atoms with Crippen LogP contribution in [0.2, 0.25) is 0 Å². The lowest BCUT2D eigenvalue weighted by atomic mass is 10.1. The Labute approximate surface area is 106 Å². The van der Waals surface area contributed by atoms with Gasteiger partial charge in [0, 0.05) is 32.7 Å². The molecule has 2 amide bonds. The average molecular weight is 244 g/mol. The molecule has 1 aromatic rings. The summed E-state index contributed by atoms with van der Waals surface area (Å²) < 4.78 is 0. The molecule has 2 rings (SSSR count). The zero-order chi connectivity index (χ0) is 12.8. The fourth-order valence-electron chi connectivity index (χ4n) is 1.92. The van der Waals surface area contributed by atoms with Gasteiger partial charge in [-0.3, -0.25) is 0 Å². The molecule has 0 aromatic heterocycles. The number of benzene rings is 1. The summed E-state index contributed by atoms with van der Waals surface area (Å²) in [6, 6.07) is 9.66. The second-order valence-corrected chi connectivity index (χ2v) is 4.21. The van der Waals surface area contributed by atoms with Crippen molar-refractivity contribution in [3.63, 3.8) is 0 Å². The number of amides is 2. The van der Waals surface area contributed by atoms with Gasteiger partial charge in [-0.1, -0.05) is 12.1 Å². The van der Waals surface area contributed by atoms with Gasteiger partial charge < -0.3 is 15.5 Å². The van der Waals surface area contributed by atoms with E-state index >= 15 is 0 Å². The molecule has 1 aliphatic rings. The molecule has 18 heavy (non-hydrogen) atoms. The number of rotatable bonds is 5. The lowest BCUT2D eigenvalue weighted by molar-refractivity contribution is 0.217. The summed E-state index contributed by atoms with van der Waals surface area (Å²) in [5, 5.41) is 14.8. The molecule has 1 fully saturated rings. The summed E-state index contributed by atoms with van der Waals surface area (Å²) in [5.41, 5.74) is 1.76. The normalized spacial score (nSPS) is 14.4. The zero-order valence-corrected chi connectivity index (χ0v) is 10.1. The number of nitriles is 1. The van der Waals surface area contributed by atoms with Crippen LogP contribution in [0.25, 0.3) is 0 Å². The molecule has 1 aromatic carbocycles. The summed E-state index contributed by atoms with van der Waals surface area (Å²) in [6.45, 7) is 3.70. The average Bonchev–Trinajstić information content (AvgIpc) is 2.81. The highest BCUT2D eigenvalue weighted by molar-refractivity contribution is 5.76. The summed E-state index contributed by atoms with van der Waals surface area (Å²) in [7, 11) is 0. The molecule has 0 bridgehead atoms. The Morgan fingerprint density at radius 1 is 1.50 bits per heavy atom. The van der Waals surface area contributed by atoms with Crippen molar-refractivity contribution >= 4 is 6.03 Å². The van der Waals surface area contributed by atoms with Gasteiger partial charge in [-0.2, -0.15) is 5.26 Å². The molecule has 0 radical (unpaired) electrons. The standard InChI is InChI=1S/C13H16N4O/c14-9-11-2-1-3-12(8-11)10-15-4-6-17-7-5-16-13(17)18/h1-3,8,15H,4-7,10H2,(H,16,18). The second-order valence-electron chi connectivity index (χ2n) is 4.21. The fourth-order valence-corrected chi connectivity index (χ4v) is 1.92. The molecule has 0 saturated carbocycles. The maximum atomic E-state index is 11.3. The maximum absolute atomic E-state index is 11.3. The molecule has 0 unspecified atom stereocenters. The zero-order valence-electron chi connectivity index (χ0n) is 10.1. The largest absolute Gasteiger partial charge is 0.336 e. The Kier molecular flexibility index (Phi) is 4.15. The van der Waals surface area contributed by atoms with E-state index in [-0.39, 0.29) is 6.03 Å². The van der Waals surface area contributed by atoms with Crippen LogP contribution in [0.1, 0.15) is 11.1 Å². The minimum Gasteiger partial charge on any atom is -0.336 e. The monoisotopic (exact) mass is 244 g/mol. The molecular formula is C13H16N4O. The van der Waals surface area contributed by atoms with Crippen LogP contribution in [-0.2, 0) is 6.54 Å². The molecule has 1 heterocycles. The second kappa shape index (κ2) is 6.03. The highest BCUT2D eigenvalue weighted by atomic mass is 16.2. The fraction of sp³-hybridized carbons (Fsp3) is 0.385. The highest BCUT2D eigenvalue weighted by Gasteiger charge is 2.17. The van der Waals surface area contributed by atoms with Crippen molar-refractivity contribution in [1.82, 2.24) is 15.5 Å². The first kappa shape index (κ1) is 12.4. The van der Waals surface area contributed by atoms with Gasteiger partial charge in [0.15, 0.2) is 0 Å². The number of carbonyl (C=O) groups is 1. The van der Waals surface area contributed by atoms with Crippen LogP contribution in [0.5, 0.6) is 0 Å². The summed E-state index contributed by atoms with van der Waals surface area (Å²) in [6.07, 6.45) is 0. The summed E-state index contributed by atoms with van der Waals surface area (Å²) >= 11 is 0. The Morgan fingerprint density at radius 3 is 3.11 bits per heavy atom. The SMILES string of the molecule is N#Cc1cccc(CNCCN2CCNC2=O)c1. The molecule has 5 heteroatoms. The Morgan fingerprint density at radius 2 is 2.39 bits per heavy atom. The van der Waals surface area contributed by atoms with Crippen molar-refractivity contribution in [3.8, 4) is 6.07 Å². The van der Waals surface area contributed by atoms with Crippen molar-refractivity contribution < 1.29 is 4.79 Å². The quantitative estimate of drug-likeness (QED) is 0.748. The van der Waals surface area contributed by atoms with Crippen molar-refractivity contribution in [3.05, 3.63) is 35.4 Å². The first-order chi connectivity index (χ1) is 8.79. The van der Waals surface area contributed by atoms with E-state index in [0.29, 0.717) is 18.7 Å². The predicted molar refractivity (Wildman–Crippen MR) is 67.8 cm³/mol. The van der Waals surface area contributed by atoms with Crippen molar-refractivity contribution in [2.45, 2.75) is 6.54 Å². The van der Waals surface area contributed by atoms with E-state index in [1.807, 2.05) is 18.2 Å². The van der Waals surface area contributed by atoms with Crippen molar-refractivity contribution in [2.24, 2.45) is 0 Å². The first-order valence-electron chi connectivity index (χ1n) is 6.02. The number of nitrogens with one attached hydrogen (secondary N) is 2. The van der Waals surface area contributed by atoms with Gasteiger partial charge >= 0.3 is 6.03 Å². The van der Waals surface area contributed by atoms with Gasteiger partial charge in [-0.25, -0.2) is 4.79 Å². The van der Waals surface area contributed by atoms with Gasteiger partial charge in [-0.15, -0.1) is 0 Å². The van der Waals surface area contributed by atoms with Crippen LogP contribution < -0.4 is 10.6 Å². The molecule has 0 spiro atoms. The number of hydrogen-bond acceptors (Lipinski definition) is 3. The van der Waals surface area contributed by atoms with E-state index in [1.54, 1.807) is 11.0 Å². The van der Waals surface area contributed by atoms with Crippen LogP contribution >= 0.6 is 0 Å². The van der Waals surface area contributed by atoms with Crippen molar-refractivity contribution in [2.75, 3.05) is 26.2 Å². The smallest absolute Gasteiger partial charge is 0.317 e. The van der Waals surface area contributed by atoms with E-state index < -0.39 is 0 Å². The van der Waals surface area contributed by atoms with E-state index in [0.717, 1.165) is 25.2 Å². The Balaban J connectivity index is 1.72. The van der Waals surface area contributed by atoms with Crippen LogP contribution in [0.4, 0.5) is 4.79 Å². The number of urea groups is 1. The highest BCUT2D eigenvalue weighted by Crippen LogP contribution is 2.03. The molecule has 5 nitrogen and oxygen atoms in total. The molecule has 1 aliphatic heterocycles. The van der Waals surface area contributed by atoms with E-state index in [9.17, 15) is 4.79 Å². The summed E-state index contributed by atoms with van der Waals surface area (Å²) in [4.78, 5) is 13.1. The maximum Gasteiger partial charge on any atom is 0.317 e. The number of carbonyl (C=O) groups excluding carboxylic acids is 1. The van der Waals surface area contributed by atoms with Crippen LogP contribution in [-0.4, -0.2) is 37.1 Å². The van der Waals surface area contributed by atoms with Gasteiger partial charge in [-0.05, 0) is 17.7 Å². The minimum absolute atomic E-state index is 0.0169. The predicted octanol–water partition coefficient (Wildman–Crippen LogP) is 0.673. The number of nitrogens with zero attached hydrogens (tertiary/aromatic N) is 2. The first-order valence-corrected chi connectivity index (χ1v) is 6.02. The Bertz CT molecular complexity index is 466. The molecule has 2 N–H and O–H groups in total. The van der Waals surface area contributed by atoms with Gasteiger partial charge in [0.05, 0.1) is 11.6 Å². The molecule has 0 aliphatic carbocycles. The minimum atomic E-state index is 0.0169. The lowest BCUT2D eigenvalue weighted by Gasteiger charge is -2.14. The van der Waals surface area contributed by atoms with E-state index in [4.69, 9.17) is 5.26 Å². The molecule has 94 valence electrons. The number of hydrogen-bond donors (Lipinski definition) is 2. The van der Waals surface area contributed by atoms with Crippen molar-refractivity contribution in [1.29, 1.82) is 5.26 Å². The molecular weight excluding hydrogens is 228 g/mol. The van der Waals surface area contributed by atoms with Crippen LogP contribution in [0, 0.1) is 11.3 Å². The lowest BCUT2D eigenvalue weighted by Crippen LogP contribution is -2.34. The van der Waals surface area contributed by atoms with Crippen LogP contribution in [0.3, 0.4) is 0 Å². The third kappa shape index (κ3) is 3.22. The third-order valence-corrected chi connectivity index (χ3v) is 2.89. The van der Waals surface area contributed by atoms with Gasteiger partial charge in [0.2, 0.25) is 0 Å². The Hall–Kier alpha value is -2.06. The van der Waals surface area contributed by atoms with E-state index in [1.165, 1.54) is 0 Å². The van der Waals surface area contributed by atoms with Gasteiger partial charge in [0.25, 0.3) is 0 Å². The van der Waals surface area contributed by atoms with E-state index in [2.05, 4.69) is 16.7 Å². The van der Waals surface area contributed by atoms with Crippen LogP contribution in [0.15, 0.2) is 24.3 Å². The topological polar surface area (TPSA) is 68.2 Å².